The molecule has 0 bridgehead atoms. The number of nitrogens with two attached hydrogens (primary N) is 1. The molecule has 0 radical (unpaired) electrons. The van der Waals surface area contributed by atoms with Crippen LogP contribution in [0.1, 0.15) is 71.1 Å². The monoisotopic (exact) mass is 294 g/mol. The molecule has 0 atom stereocenters. The Bertz CT molecular complexity index is 342. The molecule has 114 valence electrons. The van der Waals surface area contributed by atoms with Crippen molar-refractivity contribution in [2.45, 2.75) is 76.0 Å². The Kier molecular flexibility index (Phi) is 10.5. The average Bonchev–Trinajstić information content (AvgIpc) is 2.46. The van der Waals surface area contributed by atoms with Crippen LogP contribution in [0.25, 0.3) is 0 Å². The van der Waals surface area contributed by atoms with Gasteiger partial charge in [0.25, 0.3) is 0 Å². The molecule has 2 N–H and O–H groups in total. The molecule has 1 rings (SSSR count). The summed E-state index contributed by atoms with van der Waals surface area (Å²) >= 11 is 1.86. The fourth-order valence-corrected chi connectivity index (χ4v) is 3.24. The van der Waals surface area contributed by atoms with Gasteiger partial charge in [0, 0.05) is 11.1 Å². The van der Waals surface area contributed by atoms with Gasteiger partial charge in [0.15, 0.2) is 0 Å². The third-order valence-electron chi connectivity index (χ3n) is 3.57. The Hall–Kier alpha value is -0.700. The van der Waals surface area contributed by atoms with Crippen molar-refractivity contribution in [3.05, 3.63) is 18.5 Å². The van der Waals surface area contributed by atoms with E-state index in [1.807, 2.05) is 24.0 Å². The van der Waals surface area contributed by atoms with Crippen molar-refractivity contribution in [2.24, 2.45) is 0 Å². The summed E-state index contributed by atoms with van der Waals surface area (Å²) in [4.78, 5) is 5.19. The standard InChI is InChI=1S/C17H30N2S/c1-2-3-4-5-6-7-8-9-10-11-14-20-17-12-13-19-15-16(17)18/h12-13,15H,2-11,14,18H2,1H3. The molecule has 0 spiro atoms. The molecular formula is C17H30N2S. The van der Waals surface area contributed by atoms with Gasteiger partial charge in [-0.2, -0.15) is 0 Å². The van der Waals surface area contributed by atoms with Crippen molar-refractivity contribution in [1.29, 1.82) is 0 Å². The molecule has 0 aliphatic heterocycles. The summed E-state index contributed by atoms with van der Waals surface area (Å²) in [5.41, 5.74) is 6.68. The minimum absolute atomic E-state index is 0.810. The molecule has 0 unspecified atom stereocenters. The minimum atomic E-state index is 0.810. The van der Waals surface area contributed by atoms with Gasteiger partial charge in [0.1, 0.15) is 0 Å². The number of unbranched alkanes of at least 4 members (excludes halogenated alkanes) is 9. The van der Waals surface area contributed by atoms with Gasteiger partial charge in [-0.05, 0) is 18.2 Å². The van der Waals surface area contributed by atoms with E-state index in [0.29, 0.717) is 0 Å². The first-order chi connectivity index (χ1) is 9.84. The number of pyridine rings is 1. The van der Waals surface area contributed by atoms with Crippen molar-refractivity contribution in [1.82, 2.24) is 4.98 Å². The second-order valence-electron chi connectivity index (χ2n) is 5.44. The van der Waals surface area contributed by atoms with Crippen LogP contribution in [0.5, 0.6) is 0 Å². The molecule has 0 saturated heterocycles. The van der Waals surface area contributed by atoms with E-state index in [-0.39, 0.29) is 0 Å². The molecule has 1 aromatic rings. The first-order valence-corrected chi connectivity index (χ1v) is 9.15. The molecule has 0 aliphatic rings. The van der Waals surface area contributed by atoms with Gasteiger partial charge in [-0.25, -0.2) is 0 Å². The molecule has 0 amide bonds. The number of aromatic nitrogens is 1. The molecule has 1 aromatic heterocycles. The zero-order valence-corrected chi connectivity index (χ0v) is 13.8. The van der Waals surface area contributed by atoms with Crippen molar-refractivity contribution in [3.8, 4) is 0 Å². The van der Waals surface area contributed by atoms with Crippen molar-refractivity contribution in [3.63, 3.8) is 0 Å². The molecule has 0 fully saturated rings. The number of hydrogen-bond acceptors (Lipinski definition) is 3. The lowest BCUT2D eigenvalue weighted by molar-refractivity contribution is 0.563. The maximum Gasteiger partial charge on any atom is 0.0638 e. The Morgan fingerprint density at radius 3 is 2.15 bits per heavy atom. The van der Waals surface area contributed by atoms with Crippen molar-refractivity contribution < 1.29 is 0 Å². The summed E-state index contributed by atoms with van der Waals surface area (Å²) in [5.74, 6) is 1.17. The summed E-state index contributed by atoms with van der Waals surface area (Å²) in [5, 5.41) is 0. The number of anilines is 1. The highest BCUT2D eigenvalue weighted by molar-refractivity contribution is 7.99. The molecular weight excluding hydrogens is 264 g/mol. The van der Waals surface area contributed by atoms with E-state index in [2.05, 4.69) is 11.9 Å². The molecule has 0 saturated carbocycles. The smallest absolute Gasteiger partial charge is 0.0638 e. The number of thioether (sulfide) groups is 1. The van der Waals surface area contributed by atoms with E-state index >= 15 is 0 Å². The highest BCUT2D eigenvalue weighted by Gasteiger charge is 1.99. The predicted molar refractivity (Wildman–Crippen MR) is 91.2 cm³/mol. The van der Waals surface area contributed by atoms with Gasteiger partial charge < -0.3 is 5.73 Å². The number of nitrogens with zero attached hydrogens (tertiary/aromatic N) is 1. The van der Waals surface area contributed by atoms with E-state index < -0.39 is 0 Å². The van der Waals surface area contributed by atoms with Gasteiger partial charge in [-0.1, -0.05) is 64.7 Å². The third kappa shape index (κ3) is 8.47. The van der Waals surface area contributed by atoms with Crippen LogP contribution in [0.15, 0.2) is 23.4 Å². The SMILES string of the molecule is CCCCCCCCCCCCSc1ccncc1N. The fourth-order valence-electron chi connectivity index (χ4n) is 2.30. The lowest BCUT2D eigenvalue weighted by Crippen LogP contribution is -1.90. The molecule has 1 heterocycles. The maximum atomic E-state index is 5.87. The van der Waals surface area contributed by atoms with E-state index in [9.17, 15) is 0 Å². The van der Waals surface area contributed by atoms with E-state index in [4.69, 9.17) is 5.73 Å². The molecule has 0 aliphatic carbocycles. The van der Waals surface area contributed by atoms with E-state index in [1.165, 1.54) is 74.9 Å². The first-order valence-electron chi connectivity index (χ1n) is 8.17. The lowest BCUT2D eigenvalue weighted by Gasteiger charge is -2.04. The molecule has 2 nitrogen and oxygen atoms in total. The van der Waals surface area contributed by atoms with Crippen LogP contribution in [-0.2, 0) is 0 Å². The minimum Gasteiger partial charge on any atom is -0.397 e. The maximum absolute atomic E-state index is 5.87. The van der Waals surface area contributed by atoms with Crippen LogP contribution in [0, 0.1) is 0 Å². The third-order valence-corrected chi connectivity index (χ3v) is 4.74. The average molecular weight is 295 g/mol. The van der Waals surface area contributed by atoms with Crippen LogP contribution < -0.4 is 5.73 Å². The zero-order chi connectivity index (χ0) is 14.5. The Morgan fingerprint density at radius 2 is 1.55 bits per heavy atom. The molecule has 3 heteroatoms. The number of nitrogen functional groups attached to an aromatic ring is 1. The Morgan fingerprint density at radius 1 is 0.950 bits per heavy atom. The summed E-state index contributed by atoms with van der Waals surface area (Å²) in [6, 6.07) is 2.01. The Labute approximate surface area is 128 Å². The second-order valence-corrected chi connectivity index (χ2v) is 6.58. The normalized spacial score (nSPS) is 10.8. The first kappa shape index (κ1) is 17.4. The largest absolute Gasteiger partial charge is 0.397 e. The van der Waals surface area contributed by atoms with Crippen LogP contribution in [0.4, 0.5) is 5.69 Å². The highest BCUT2D eigenvalue weighted by Crippen LogP contribution is 2.24. The van der Waals surface area contributed by atoms with Crippen molar-refractivity contribution in [2.75, 3.05) is 11.5 Å². The van der Waals surface area contributed by atoms with Gasteiger partial charge in [-0.15, -0.1) is 11.8 Å². The number of hydrogen-bond donors (Lipinski definition) is 1. The summed E-state index contributed by atoms with van der Waals surface area (Å²) in [7, 11) is 0. The predicted octanol–water partition coefficient (Wildman–Crippen LogP) is 5.68. The van der Waals surface area contributed by atoms with Crippen LogP contribution in [0.2, 0.25) is 0 Å². The van der Waals surface area contributed by atoms with Gasteiger partial charge in [0.05, 0.1) is 11.9 Å². The topological polar surface area (TPSA) is 38.9 Å². The Balaban J connectivity index is 1.87. The van der Waals surface area contributed by atoms with Crippen LogP contribution in [0.3, 0.4) is 0 Å². The summed E-state index contributed by atoms with van der Waals surface area (Å²) < 4.78 is 0. The lowest BCUT2D eigenvalue weighted by atomic mass is 10.1. The second kappa shape index (κ2) is 12.1. The fraction of sp³-hybridized carbons (Fsp3) is 0.706. The van der Waals surface area contributed by atoms with E-state index in [0.717, 1.165) is 5.69 Å². The zero-order valence-electron chi connectivity index (χ0n) is 12.9. The highest BCUT2D eigenvalue weighted by atomic mass is 32.2. The molecule has 20 heavy (non-hydrogen) atoms. The van der Waals surface area contributed by atoms with Gasteiger partial charge in [-0.3, -0.25) is 4.98 Å². The molecule has 0 aromatic carbocycles. The quantitative estimate of drug-likeness (QED) is 0.398. The summed E-state index contributed by atoms with van der Waals surface area (Å²) in [6.07, 6.45) is 17.5. The summed E-state index contributed by atoms with van der Waals surface area (Å²) in [6.45, 7) is 2.28. The van der Waals surface area contributed by atoms with Crippen LogP contribution in [-0.4, -0.2) is 10.7 Å². The van der Waals surface area contributed by atoms with Crippen LogP contribution >= 0.6 is 11.8 Å². The van der Waals surface area contributed by atoms with Gasteiger partial charge in [0.2, 0.25) is 0 Å². The number of rotatable bonds is 12. The van der Waals surface area contributed by atoms with E-state index in [1.54, 1.807) is 6.20 Å². The van der Waals surface area contributed by atoms with Gasteiger partial charge >= 0.3 is 0 Å². The van der Waals surface area contributed by atoms with Crippen molar-refractivity contribution >= 4 is 17.4 Å².